The molecule has 0 aliphatic rings. The summed E-state index contributed by atoms with van der Waals surface area (Å²) in [7, 11) is 1.34. The summed E-state index contributed by atoms with van der Waals surface area (Å²) < 4.78 is 39.5. The maximum absolute atomic E-state index is 12.4. The molecule has 3 rings (SSSR count). The van der Waals surface area contributed by atoms with E-state index in [9.17, 15) is 13.6 Å². The molecular weight excluding hydrogens is 370 g/mol. The molecular formula is C20H18F2N2O4. The highest BCUT2D eigenvalue weighted by Crippen LogP contribution is 2.29. The van der Waals surface area contributed by atoms with Gasteiger partial charge in [0, 0.05) is 0 Å². The lowest BCUT2D eigenvalue weighted by molar-refractivity contribution is -0.0512. The highest BCUT2D eigenvalue weighted by Gasteiger charge is 2.13. The topological polar surface area (TPSA) is 70.5 Å². The summed E-state index contributed by atoms with van der Waals surface area (Å²) in [5, 5.41) is 0. The molecule has 0 N–H and O–H groups in total. The molecule has 0 radical (unpaired) electrons. The number of fused-ring (bicyclic) bond motifs is 1. The molecule has 0 saturated carbocycles. The number of carbonyl (C=O) groups is 1. The Kier molecular flexibility index (Phi) is 5.67. The molecule has 6 nitrogen and oxygen atoms in total. The number of aryl methyl sites for hydroxylation is 2. The maximum Gasteiger partial charge on any atom is 0.387 e. The number of esters is 1. The Hall–Kier alpha value is -3.29. The average molecular weight is 388 g/mol. The number of hydrogen-bond donors (Lipinski definition) is 0. The normalized spacial score (nSPS) is 10.9. The van der Waals surface area contributed by atoms with Gasteiger partial charge in [-0.1, -0.05) is 6.07 Å². The van der Waals surface area contributed by atoms with Gasteiger partial charge >= 0.3 is 12.6 Å². The van der Waals surface area contributed by atoms with Crippen molar-refractivity contribution >= 4 is 17.0 Å². The summed E-state index contributed by atoms with van der Waals surface area (Å²) in [5.41, 5.74) is 3.83. The van der Waals surface area contributed by atoms with Crippen LogP contribution in [0.1, 0.15) is 27.3 Å². The van der Waals surface area contributed by atoms with Gasteiger partial charge in [-0.25, -0.2) is 14.8 Å². The lowest BCUT2D eigenvalue weighted by Crippen LogP contribution is -2.07. The van der Waals surface area contributed by atoms with Crippen molar-refractivity contribution in [2.45, 2.75) is 27.1 Å². The number of methoxy groups -OCH3 is 1. The Bertz CT molecular complexity index is 1020. The van der Waals surface area contributed by atoms with Crippen LogP contribution in [0.15, 0.2) is 36.4 Å². The van der Waals surface area contributed by atoms with Crippen LogP contribution in [0.5, 0.6) is 11.5 Å². The largest absolute Gasteiger partial charge is 0.493 e. The van der Waals surface area contributed by atoms with Gasteiger partial charge in [0.2, 0.25) is 0 Å². The first kappa shape index (κ1) is 19.5. The molecule has 2 aromatic carbocycles. The molecule has 8 heteroatoms. The molecule has 0 fully saturated rings. The van der Waals surface area contributed by atoms with Gasteiger partial charge in [0.15, 0.2) is 11.5 Å². The van der Waals surface area contributed by atoms with Crippen LogP contribution < -0.4 is 9.47 Å². The highest BCUT2D eigenvalue weighted by molar-refractivity contribution is 5.93. The van der Waals surface area contributed by atoms with E-state index in [2.05, 4.69) is 14.7 Å². The molecule has 1 aromatic heterocycles. The fraction of sp³-hybridized carbons (Fsp3) is 0.250. The first-order chi connectivity index (χ1) is 13.4. The van der Waals surface area contributed by atoms with Crippen molar-refractivity contribution in [3.63, 3.8) is 0 Å². The number of hydrogen-bond acceptors (Lipinski definition) is 6. The van der Waals surface area contributed by atoms with Crippen LogP contribution in [-0.4, -0.2) is 29.7 Å². The predicted molar refractivity (Wildman–Crippen MR) is 97.8 cm³/mol. The summed E-state index contributed by atoms with van der Waals surface area (Å²) in [5.74, 6) is -0.499. The number of rotatable bonds is 6. The van der Waals surface area contributed by atoms with Crippen molar-refractivity contribution < 1.29 is 27.8 Å². The molecule has 0 bridgehead atoms. The van der Waals surface area contributed by atoms with Crippen molar-refractivity contribution in [3.8, 4) is 11.5 Å². The Morgan fingerprint density at radius 1 is 1.00 bits per heavy atom. The number of halogens is 2. The smallest absolute Gasteiger partial charge is 0.387 e. The van der Waals surface area contributed by atoms with Crippen LogP contribution in [0.25, 0.3) is 11.0 Å². The molecule has 0 spiro atoms. The SMILES string of the molecule is COc1cc(COC(=O)c2ccc3nc(C)c(C)nc3c2)ccc1OC(F)F. The third-order valence-electron chi connectivity index (χ3n) is 4.13. The minimum absolute atomic E-state index is 0.0548. The minimum Gasteiger partial charge on any atom is -0.493 e. The molecule has 0 atom stereocenters. The monoisotopic (exact) mass is 388 g/mol. The average Bonchev–Trinajstić information content (AvgIpc) is 2.67. The standard InChI is InChI=1S/C20H18F2N2O4/c1-11-12(2)24-16-9-14(5-6-15(16)23-11)19(25)27-10-13-4-7-17(28-20(21)22)18(8-13)26-3/h4-9,20H,10H2,1-3H3. The fourth-order valence-electron chi connectivity index (χ4n) is 2.58. The molecule has 0 unspecified atom stereocenters. The second-order valence-electron chi connectivity index (χ2n) is 6.04. The number of ether oxygens (including phenoxy) is 3. The Balaban J connectivity index is 1.73. The van der Waals surface area contributed by atoms with E-state index in [1.807, 2.05) is 13.8 Å². The van der Waals surface area contributed by atoms with Crippen molar-refractivity contribution in [1.82, 2.24) is 9.97 Å². The summed E-state index contributed by atoms with van der Waals surface area (Å²) in [6, 6.07) is 9.29. The Morgan fingerprint density at radius 3 is 2.39 bits per heavy atom. The molecule has 0 saturated heterocycles. The fourth-order valence-corrected chi connectivity index (χ4v) is 2.58. The van der Waals surface area contributed by atoms with Crippen molar-refractivity contribution in [3.05, 3.63) is 58.9 Å². The molecule has 28 heavy (non-hydrogen) atoms. The van der Waals surface area contributed by atoms with E-state index < -0.39 is 12.6 Å². The van der Waals surface area contributed by atoms with Gasteiger partial charge < -0.3 is 14.2 Å². The lowest BCUT2D eigenvalue weighted by Gasteiger charge is -2.12. The van der Waals surface area contributed by atoms with Gasteiger partial charge in [0.25, 0.3) is 0 Å². The molecule has 0 aliphatic heterocycles. The molecule has 146 valence electrons. The lowest BCUT2D eigenvalue weighted by atomic mass is 10.1. The number of benzene rings is 2. The van der Waals surface area contributed by atoms with Gasteiger partial charge in [-0.15, -0.1) is 0 Å². The number of aromatic nitrogens is 2. The zero-order valence-electron chi connectivity index (χ0n) is 15.5. The third-order valence-corrected chi connectivity index (χ3v) is 4.13. The van der Waals surface area contributed by atoms with E-state index in [0.29, 0.717) is 22.2 Å². The summed E-state index contributed by atoms with van der Waals surface area (Å²) >= 11 is 0. The van der Waals surface area contributed by atoms with Crippen molar-refractivity contribution in [2.24, 2.45) is 0 Å². The van der Waals surface area contributed by atoms with Gasteiger partial charge in [-0.05, 0) is 49.7 Å². The van der Waals surface area contributed by atoms with E-state index in [4.69, 9.17) is 9.47 Å². The first-order valence-electron chi connectivity index (χ1n) is 8.41. The Labute approximate surface area is 160 Å². The van der Waals surface area contributed by atoms with Gasteiger partial charge in [-0.2, -0.15) is 8.78 Å². The van der Waals surface area contributed by atoms with E-state index in [-0.39, 0.29) is 18.1 Å². The van der Waals surface area contributed by atoms with Crippen LogP contribution in [0.2, 0.25) is 0 Å². The van der Waals surface area contributed by atoms with Crippen LogP contribution in [0.4, 0.5) is 8.78 Å². The first-order valence-corrected chi connectivity index (χ1v) is 8.41. The number of alkyl halides is 2. The molecule has 0 aliphatic carbocycles. The van der Waals surface area contributed by atoms with Crippen molar-refractivity contribution in [2.75, 3.05) is 7.11 Å². The quantitative estimate of drug-likeness (QED) is 0.589. The molecule has 0 amide bonds. The Morgan fingerprint density at radius 2 is 1.71 bits per heavy atom. The van der Waals surface area contributed by atoms with Crippen LogP contribution in [-0.2, 0) is 11.3 Å². The second kappa shape index (κ2) is 8.16. The maximum atomic E-state index is 12.4. The van der Waals surface area contributed by atoms with E-state index in [0.717, 1.165) is 11.4 Å². The summed E-state index contributed by atoms with van der Waals surface area (Å²) in [4.78, 5) is 21.2. The van der Waals surface area contributed by atoms with E-state index in [1.54, 1.807) is 18.2 Å². The predicted octanol–water partition coefficient (Wildman–Crippen LogP) is 4.21. The van der Waals surface area contributed by atoms with Gasteiger partial charge in [0.05, 0.1) is 35.1 Å². The number of nitrogens with zero attached hydrogens (tertiary/aromatic N) is 2. The van der Waals surface area contributed by atoms with E-state index in [1.165, 1.54) is 25.3 Å². The van der Waals surface area contributed by atoms with Crippen LogP contribution in [0, 0.1) is 13.8 Å². The van der Waals surface area contributed by atoms with Crippen LogP contribution >= 0.6 is 0 Å². The second-order valence-corrected chi connectivity index (χ2v) is 6.04. The van der Waals surface area contributed by atoms with E-state index >= 15 is 0 Å². The zero-order chi connectivity index (χ0) is 20.3. The van der Waals surface area contributed by atoms with Crippen molar-refractivity contribution in [1.29, 1.82) is 0 Å². The minimum atomic E-state index is -2.96. The summed E-state index contributed by atoms with van der Waals surface area (Å²) in [6.45, 7) is 0.707. The summed E-state index contributed by atoms with van der Waals surface area (Å²) in [6.07, 6.45) is 0. The molecule has 3 aromatic rings. The van der Waals surface area contributed by atoms with Gasteiger partial charge in [-0.3, -0.25) is 0 Å². The molecule has 1 heterocycles. The third kappa shape index (κ3) is 4.33. The number of carbonyl (C=O) groups excluding carboxylic acids is 1. The van der Waals surface area contributed by atoms with Crippen LogP contribution in [0.3, 0.4) is 0 Å². The highest BCUT2D eigenvalue weighted by atomic mass is 19.3. The zero-order valence-corrected chi connectivity index (χ0v) is 15.5. The van der Waals surface area contributed by atoms with Gasteiger partial charge in [0.1, 0.15) is 6.61 Å².